The molecule has 6 nitrogen and oxygen atoms in total. The van der Waals surface area contributed by atoms with Gasteiger partial charge in [-0.05, 0) is 51.4 Å². The van der Waals surface area contributed by atoms with Crippen LogP contribution in [0, 0.1) is 0 Å². The van der Waals surface area contributed by atoms with Crippen molar-refractivity contribution >= 4 is 17.9 Å². The van der Waals surface area contributed by atoms with Crippen LogP contribution >= 0.6 is 0 Å². The molecule has 0 saturated heterocycles. The minimum absolute atomic E-state index is 0.0839. The summed E-state index contributed by atoms with van der Waals surface area (Å²) in [5, 5.41) is 0. The molecule has 0 aromatic carbocycles. The molecule has 0 aliphatic carbocycles. The van der Waals surface area contributed by atoms with Crippen molar-refractivity contribution in [2.45, 2.75) is 245 Å². The van der Waals surface area contributed by atoms with Crippen molar-refractivity contribution in [3.8, 4) is 0 Å². The van der Waals surface area contributed by atoms with Crippen molar-refractivity contribution in [2.24, 2.45) is 0 Å². The van der Waals surface area contributed by atoms with Gasteiger partial charge in [0.25, 0.3) is 0 Å². The number of hydrogen-bond acceptors (Lipinski definition) is 6. The Kier molecular flexibility index (Phi) is 42.4. The lowest BCUT2D eigenvalue weighted by molar-refractivity contribution is -0.167. The van der Waals surface area contributed by atoms with E-state index in [0.29, 0.717) is 19.3 Å². The monoisotopic (exact) mass is 773 g/mol. The maximum atomic E-state index is 12.7. The van der Waals surface area contributed by atoms with E-state index in [4.69, 9.17) is 14.2 Å². The lowest BCUT2D eigenvalue weighted by Gasteiger charge is -2.18. The van der Waals surface area contributed by atoms with E-state index in [-0.39, 0.29) is 37.5 Å². The lowest BCUT2D eigenvalue weighted by atomic mass is 10.0. The summed E-state index contributed by atoms with van der Waals surface area (Å²) in [6, 6.07) is 0. The van der Waals surface area contributed by atoms with Gasteiger partial charge >= 0.3 is 17.9 Å². The van der Waals surface area contributed by atoms with Gasteiger partial charge in [-0.15, -0.1) is 0 Å². The summed E-state index contributed by atoms with van der Waals surface area (Å²) in [5.74, 6) is -0.918. The van der Waals surface area contributed by atoms with Crippen molar-refractivity contribution in [2.75, 3.05) is 13.2 Å². The molecule has 0 fully saturated rings. The Balaban J connectivity index is 4.40. The van der Waals surface area contributed by atoms with Crippen molar-refractivity contribution in [3.63, 3.8) is 0 Å². The van der Waals surface area contributed by atoms with Crippen molar-refractivity contribution in [1.82, 2.24) is 0 Å². The largest absolute Gasteiger partial charge is 0.462 e. The summed E-state index contributed by atoms with van der Waals surface area (Å²) in [4.78, 5) is 37.7. The molecule has 0 aromatic rings. The van der Waals surface area contributed by atoms with Crippen molar-refractivity contribution in [1.29, 1.82) is 0 Å². The molecule has 0 saturated carbocycles. The third kappa shape index (κ3) is 42.6. The summed E-state index contributed by atoms with van der Waals surface area (Å²) in [7, 11) is 0. The zero-order valence-corrected chi connectivity index (χ0v) is 36.4. The van der Waals surface area contributed by atoms with Gasteiger partial charge in [-0.25, -0.2) is 0 Å². The van der Waals surface area contributed by atoms with Gasteiger partial charge in [-0.2, -0.15) is 0 Å². The molecule has 0 heterocycles. The van der Waals surface area contributed by atoms with E-state index in [0.717, 1.165) is 70.6 Å². The molecular formula is C49H88O6. The molecule has 6 heteroatoms. The van der Waals surface area contributed by atoms with E-state index in [2.05, 4.69) is 57.2 Å². The minimum Gasteiger partial charge on any atom is -0.462 e. The molecule has 0 radical (unpaired) electrons. The number of carbonyl (C=O) groups is 3. The number of allylic oxidation sites excluding steroid dienone is 6. The Hall–Kier alpha value is -2.37. The molecule has 320 valence electrons. The number of unbranched alkanes of at least 4 members (excludes halogenated alkanes) is 25. The second kappa shape index (κ2) is 44.3. The lowest BCUT2D eigenvalue weighted by Crippen LogP contribution is -2.30. The van der Waals surface area contributed by atoms with Gasteiger partial charge in [0.1, 0.15) is 13.2 Å². The third-order valence-corrected chi connectivity index (χ3v) is 10.2. The first-order chi connectivity index (χ1) is 27.0. The molecular weight excluding hydrogens is 685 g/mol. The van der Waals surface area contributed by atoms with Crippen LogP contribution in [0.15, 0.2) is 36.5 Å². The highest BCUT2D eigenvalue weighted by atomic mass is 16.6. The Bertz CT molecular complexity index is 938. The van der Waals surface area contributed by atoms with E-state index in [1.54, 1.807) is 0 Å². The first-order valence-electron chi connectivity index (χ1n) is 23.5. The summed E-state index contributed by atoms with van der Waals surface area (Å²) in [5.41, 5.74) is 0. The molecule has 1 unspecified atom stereocenters. The van der Waals surface area contributed by atoms with Crippen LogP contribution in [0.4, 0.5) is 0 Å². The van der Waals surface area contributed by atoms with Crippen LogP contribution in [0.3, 0.4) is 0 Å². The normalized spacial score (nSPS) is 12.3. The Morgan fingerprint density at radius 1 is 0.382 bits per heavy atom. The van der Waals surface area contributed by atoms with Crippen LogP contribution in [-0.4, -0.2) is 37.2 Å². The maximum Gasteiger partial charge on any atom is 0.306 e. The minimum atomic E-state index is -0.784. The maximum absolute atomic E-state index is 12.7. The summed E-state index contributed by atoms with van der Waals surface area (Å²) >= 11 is 0. The fourth-order valence-electron chi connectivity index (χ4n) is 6.63. The summed E-state index contributed by atoms with van der Waals surface area (Å²) in [6.07, 6.45) is 49.8. The predicted molar refractivity (Wildman–Crippen MR) is 233 cm³/mol. The zero-order chi connectivity index (χ0) is 40.1. The van der Waals surface area contributed by atoms with E-state index < -0.39 is 6.10 Å². The van der Waals surface area contributed by atoms with Gasteiger partial charge in [0.2, 0.25) is 0 Å². The molecule has 0 spiro atoms. The first kappa shape index (κ1) is 52.6. The Morgan fingerprint density at radius 2 is 0.709 bits per heavy atom. The standard InChI is InChI=1S/C49H88O6/c1-4-7-10-13-16-19-22-25-28-30-33-36-39-42-48(51)54-45-46(55-49(52)43-40-37-34-31-27-24-21-18-15-12-9-6-3)44-53-47(50)41-38-35-32-29-26-23-20-17-14-11-8-5-2/h9,12,18,21,27,31,46H,4-8,10-11,13-17,19-20,22-26,28-30,32-45H2,1-3H3/b12-9-,21-18-,31-27-. The predicted octanol–water partition coefficient (Wildman–Crippen LogP) is 15.0. The van der Waals surface area contributed by atoms with Crippen molar-refractivity contribution < 1.29 is 28.6 Å². The van der Waals surface area contributed by atoms with Gasteiger partial charge in [-0.3, -0.25) is 14.4 Å². The van der Waals surface area contributed by atoms with E-state index in [1.807, 2.05) is 0 Å². The number of rotatable bonds is 42. The van der Waals surface area contributed by atoms with E-state index in [9.17, 15) is 14.4 Å². The second-order valence-corrected chi connectivity index (χ2v) is 15.6. The smallest absolute Gasteiger partial charge is 0.306 e. The van der Waals surface area contributed by atoms with Gasteiger partial charge in [0.15, 0.2) is 6.10 Å². The van der Waals surface area contributed by atoms with Crippen molar-refractivity contribution in [3.05, 3.63) is 36.5 Å². The fraction of sp³-hybridized carbons (Fsp3) is 0.816. The van der Waals surface area contributed by atoms with E-state index >= 15 is 0 Å². The van der Waals surface area contributed by atoms with Crippen LogP contribution in [-0.2, 0) is 28.6 Å². The highest BCUT2D eigenvalue weighted by molar-refractivity contribution is 5.71. The molecule has 0 aliphatic heterocycles. The number of ether oxygens (including phenoxy) is 3. The molecule has 0 amide bonds. The first-order valence-corrected chi connectivity index (χ1v) is 23.5. The van der Waals surface area contributed by atoms with Gasteiger partial charge in [0, 0.05) is 19.3 Å². The number of carbonyl (C=O) groups excluding carboxylic acids is 3. The average Bonchev–Trinajstić information content (AvgIpc) is 3.18. The molecule has 0 bridgehead atoms. The van der Waals surface area contributed by atoms with Crippen LogP contribution in [0.25, 0.3) is 0 Å². The molecule has 0 aromatic heterocycles. The highest BCUT2D eigenvalue weighted by Crippen LogP contribution is 2.15. The zero-order valence-electron chi connectivity index (χ0n) is 36.4. The summed E-state index contributed by atoms with van der Waals surface area (Å²) < 4.78 is 16.7. The van der Waals surface area contributed by atoms with Crippen LogP contribution in [0.2, 0.25) is 0 Å². The van der Waals surface area contributed by atoms with Crippen LogP contribution < -0.4 is 0 Å². The topological polar surface area (TPSA) is 78.9 Å². The number of esters is 3. The Morgan fingerprint density at radius 3 is 1.11 bits per heavy atom. The fourth-order valence-corrected chi connectivity index (χ4v) is 6.63. The number of hydrogen-bond donors (Lipinski definition) is 0. The second-order valence-electron chi connectivity index (χ2n) is 15.6. The van der Waals surface area contributed by atoms with Gasteiger partial charge in [-0.1, -0.05) is 205 Å². The van der Waals surface area contributed by atoms with E-state index in [1.165, 1.54) is 122 Å². The van der Waals surface area contributed by atoms with Gasteiger partial charge < -0.3 is 14.2 Å². The molecule has 0 aliphatic rings. The quantitative estimate of drug-likeness (QED) is 0.0266. The molecule has 0 rings (SSSR count). The van der Waals surface area contributed by atoms with Crippen LogP contribution in [0.1, 0.15) is 239 Å². The average molecular weight is 773 g/mol. The van der Waals surface area contributed by atoms with Crippen LogP contribution in [0.5, 0.6) is 0 Å². The molecule has 1 atom stereocenters. The summed E-state index contributed by atoms with van der Waals surface area (Å²) in [6.45, 7) is 6.49. The Labute approximate surface area is 340 Å². The molecule has 55 heavy (non-hydrogen) atoms. The third-order valence-electron chi connectivity index (χ3n) is 10.2. The molecule has 0 N–H and O–H groups in total. The van der Waals surface area contributed by atoms with Gasteiger partial charge in [0.05, 0.1) is 0 Å². The SMILES string of the molecule is CC/C=C\C/C=C\C/C=C\CCCCC(=O)OC(COC(=O)CCCCCCCCCCCCCC)COC(=O)CCCCCCCCCCCCCCC. The highest BCUT2D eigenvalue weighted by Gasteiger charge is 2.19.